The van der Waals surface area contributed by atoms with Crippen molar-refractivity contribution in [1.29, 1.82) is 0 Å². The molecule has 3 nitrogen and oxygen atoms in total. The summed E-state index contributed by atoms with van der Waals surface area (Å²) < 4.78 is 0. The summed E-state index contributed by atoms with van der Waals surface area (Å²) in [6.07, 6.45) is 5.16. The third-order valence-electron chi connectivity index (χ3n) is 2.93. The second-order valence-corrected chi connectivity index (χ2v) is 4.45. The Morgan fingerprint density at radius 1 is 0.938 bits per heavy atom. The molecule has 2 atom stereocenters. The van der Waals surface area contributed by atoms with Crippen LogP contribution in [-0.2, 0) is 4.79 Å². The maximum Gasteiger partial charge on any atom is 0.132 e. The summed E-state index contributed by atoms with van der Waals surface area (Å²) >= 11 is 0. The van der Waals surface area contributed by atoms with Crippen LogP contribution in [0.5, 0.6) is 0 Å². The summed E-state index contributed by atoms with van der Waals surface area (Å²) in [6.45, 7) is 3.89. The number of carbonyl (C=O) groups is 1. The lowest BCUT2D eigenvalue weighted by Gasteiger charge is -2.08. The van der Waals surface area contributed by atoms with Gasteiger partial charge in [0.2, 0.25) is 0 Å². The highest BCUT2D eigenvalue weighted by atomic mass is 16.3. The number of aliphatic hydroxyl groups excluding tert-OH is 2. The van der Waals surface area contributed by atoms with Crippen molar-refractivity contribution < 1.29 is 15.0 Å². The van der Waals surface area contributed by atoms with Crippen molar-refractivity contribution in [3.05, 3.63) is 0 Å². The fraction of sp³-hybridized carbons (Fsp3) is 0.923. The topological polar surface area (TPSA) is 57.5 Å². The number of hydrogen-bond acceptors (Lipinski definition) is 3. The number of rotatable bonds is 10. The van der Waals surface area contributed by atoms with Crippen molar-refractivity contribution in [1.82, 2.24) is 0 Å². The number of Topliss-reactive ketones (excluding diaryl/α,β-unsaturated/α-hetero) is 1. The first kappa shape index (κ1) is 15.6. The zero-order valence-corrected chi connectivity index (χ0v) is 10.6. The maximum atomic E-state index is 11.4. The van der Waals surface area contributed by atoms with Gasteiger partial charge in [-0.1, -0.05) is 13.8 Å². The molecule has 0 rings (SSSR count). The van der Waals surface area contributed by atoms with Crippen LogP contribution in [0.4, 0.5) is 0 Å². The Balaban J connectivity index is 3.38. The molecule has 0 aliphatic carbocycles. The van der Waals surface area contributed by atoms with E-state index in [4.69, 9.17) is 0 Å². The van der Waals surface area contributed by atoms with E-state index in [9.17, 15) is 15.0 Å². The summed E-state index contributed by atoms with van der Waals surface area (Å²) in [6, 6.07) is 0. The van der Waals surface area contributed by atoms with Crippen LogP contribution in [0.25, 0.3) is 0 Å². The molecule has 0 spiro atoms. The molecule has 0 aliphatic heterocycles. The first-order valence-electron chi connectivity index (χ1n) is 6.47. The number of aliphatic hydroxyl groups is 2. The highest BCUT2D eigenvalue weighted by Crippen LogP contribution is 2.09. The van der Waals surface area contributed by atoms with Crippen molar-refractivity contribution in [2.24, 2.45) is 0 Å². The van der Waals surface area contributed by atoms with Crippen LogP contribution in [0.3, 0.4) is 0 Å². The molecule has 0 saturated heterocycles. The Hall–Kier alpha value is -0.410. The van der Waals surface area contributed by atoms with Gasteiger partial charge in [-0.2, -0.15) is 0 Å². The SMILES string of the molecule is CCC(O)CCCC(=O)CCCC(O)CC. The molecule has 2 unspecified atom stereocenters. The van der Waals surface area contributed by atoms with Gasteiger partial charge in [0.05, 0.1) is 12.2 Å². The first-order valence-corrected chi connectivity index (χ1v) is 6.47. The van der Waals surface area contributed by atoms with Crippen LogP contribution in [0.2, 0.25) is 0 Å². The summed E-state index contributed by atoms with van der Waals surface area (Å²) in [5.41, 5.74) is 0. The zero-order valence-electron chi connectivity index (χ0n) is 10.6. The van der Waals surface area contributed by atoms with Crippen LogP contribution in [-0.4, -0.2) is 28.2 Å². The predicted molar refractivity (Wildman–Crippen MR) is 65.3 cm³/mol. The molecule has 0 bridgehead atoms. The number of hydrogen-bond donors (Lipinski definition) is 2. The number of ketones is 1. The summed E-state index contributed by atoms with van der Waals surface area (Å²) in [4.78, 5) is 11.4. The lowest BCUT2D eigenvalue weighted by atomic mass is 10.0. The Morgan fingerprint density at radius 3 is 1.62 bits per heavy atom. The van der Waals surface area contributed by atoms with Crippen LogP contribution < -0.4 is 0 Å². The van der Waals surface area contributed by atoms with Crippen molar-refractivity contribution in [2.45, 2.75) is 77.4 Å². The van der Waals surface area contributed by atoms with E-state index in [0.717, 1.165) is 38.5 Å². The van der Waals surface area contributed by atoms with E-state index < -0.39 is 0 Å². The monoisotopic (exact) mass is 230 g/mol. The van der Waals surface area contributed by atoms with Gasteiger partial charge < -0.3 is 10.2 Å². The quantitative estimate of drug-likeness (QED) is 0.606. The summed E-state index contributed by atoms with van der Waals surface area (Å²) in [7, 11) is 0. The van der Waals surface area contributed by atoms with Gasteiger partial charge in [-0.05, 0) is 38.5 Å². The lowest BCUT2D eigenvalue weighted by Crippen LogP contribution is -2.08. The van der Waals surface area contributed by atoms with Crippen molar-refractivity contribution in [2.75, 3.05) is 0 Å². The van der Waals surface area contributed by atoms with E-state index >= 15 is 0 Å². The fourth-order valence-corrected chi connectivity index (χ4v) is 1.60. The van der Waals surface area contributed by atoms with Gasteiger partial charge in [0, 0.05) is 12.8 Å². The standard InChI is InChI=1S/C13H26O3/c1-3-11(14)7-5-9-13(16)10-6-8-12(15)4-2/h11-12,14-15H,3-10H2,1-2H3. The van der Waals surface area contributed by atoms with Crippen LogP contribution >= 0.6 is 0 Å². The molecule has 0 saturated carbocycles. The van der Waals surface area contributed by atoms with Gasteiger partial charge in [0.1, 0.15) is 5.78 Å². The maximum absolute atomic E-state index is 11.4. The highest BCUT2D eigenvalue weighted by Gasteiger charge is 2.06. The first-order chi connectivity index (χ1) is 7.60. The van der Waals surface area contributed by atoms with Crippen molar-refractivity contribution >= 4 is 5.78 Å². The smallest absolute Gasteiger partial charge is 0.132 e. The minimum absolute atomic E-state index is 0.255. The van der Waals surface area contributed by atoms with Gasteiger partial charge in [-0.3, -0.25) is 4.79 Å². The zero-order chi connectivity index (χ0) is 12.4. The Morgan fingerprint density at radius 2 is 1.31 bits per heavy atom. The molecular formula is C13H26O3. The molecular weight excluding hydrogens is 204 g/mol. The molecule has 0 radical (unpaired) electrons. The molecule has 0 fully saturated rings. The van der Waals surface area contributed by atoms with E-state index in [1.165, 1.54) is 0 Å². The minimum Gasteiger partial charge on any atom is -0.393 e. The van der Waals surface area contributed by atoms with Gasteiger partial charge in [0.15, 0.2) is 0 Å². The van der Waals surface area contributed by atoms with Crippen LogP contribution in [0.1, 0.15) is 65.2 Å². The Kier molecular flexibility index (Phi) is 9.54. The average Bonchev–Trinajstić information content (AvgIpc) is 2.28. The van der Waals surface area contributed by atoms with Gasteiger partial charge in [-0.25, -0.2) is 0 Å². The summed E-state index contributed by atoms with van der Waals surface area (Å²) in [5, 5.41) is 18.6. The fourth-order valence-electron chi connectivity index (χ4n) is 1.60. The van der Waals surface area contributed by atoms with Crippen molar-refractivity contribution in [3.63, 3.8) is 0 Å². The third-order valence-corrected chi connectivity index (χ3v) is 2.93. The molecule has 3 heteroatoms. The van der Waals surface area contributed by atoms with Gasteiger partial charge in [-0.15, -0.1) is 0 Å². The van der Waals surface area contributed by atoms with E-state index in [-0.39, 0.29) is 18.0 Å². The predicted octanol–water partition coefficient (Wildman–Crippen LogP) is 2.44. The van der Waals surface area contributed by atoms with Gasteiger partial charge in [0.25, 0.3) is 0 Å². The Bertz CT molecular complexity index is 162. The Labute approximate surface area is 98.9 Å². The van der Waals surface area contributed by atoms with E-state index in [1.54, 1.807) is 0 Å². The van der Waals surface area contributed by atoms with Crippen LogP contribution in [0, 0.1) is 0 Å². The largest absolute Gasteiger partial charge is 0.393 e. The highest BCUT2D eigenvalue weighted by molar-refractivity contribution is 5.78. The van der Waals surface area contributed by atoms with Gasteiger partial charge >= 0.3 is 0 Å². The molecule has 0 aliphatic rings. The average molecular weight is 230 g/mol. The molecule has 2 N–H and O–H groups in total. The molecule has 0 amide bonds. The molecule has 0 aromatic heterocycles. The molecule has 0 aromatic carbocycles. The summed E-state index contributed by atoms with van der Waals surface area (Å²) in [5.74, 6) is 0.256. The molecule has 16 heavy (non-hydrogen) atoms. The molecule has 0 heterocycles. The van der Waals surface area contributed by atoms with E-state index in [0.29, 0.717) is 12.8 Å². The molecule has 0 aromatic rings. The third kappa shape index (κ3) is 8.86. The lowest BCUT2D eigenvalue weighted by molar-refractivity contribution is -0.119. The minimum atomic E-state index is -0.255. The second kappa shape index (κ2) is 9.79. The number of carbonyl (C=O) groups excluding carboxylic acids is 1. The molecule has 96 valence electrons. The van der Waals surface area contributed by atoms with Crippen molar-refractivity contribution in [3.8, 4) is 0 Å². The van der Waals surface area contributed by atoms with E-state index in [2.05, 4.69) is 0 Å². The second-order valence-electron chi connectivity index (χ2n) is 4.45. The van der Waals surface area contributed by atoms with Crippen LogP contribution in [0.15, 0.2) is 0 Å². The van der Waals surface area contributed by atoms with E-state index in [1.807, 2.05) is 13.8 Å². The normalized spacial score (nSPS) is 14.8.